The Morgan fingerprint density at radius 3 is 1.26 bits per heavy atom. The van der Waals surface area contributed by atoms with Gasteiger partial charge in [-0.15, -0.1) is 12.4 Å². The number of hydrogen-bond donors (Lipinski definition) is 1. The number of nitrogens with zero attached hydrogens (tertiary/aromatic N) is 3. The molecule has 5 heteroatoms. The molecule has 0 radical (unpaired) electrons. The summed E-state index contributed by atoms with van der Waals surface area (Å²) >= 11 is 0. The lowest BCUT2D eigenvalue weighted by Gasteiger charge is -2.36. The normalized spacial score (nSPS) is 10.4. The summed E-state index contributed by atoms with van der Waals surface area (Å²) in [6, 6.07) is 52.4. The molecule has 0 saturated heterocycles. The minimum absolute atomic E-state index is 0. The van der Waals surface area contributed by atoms with Gasteiger partial charge in [-0.3, -0.25) is 9.78 Å². The maximum absolute atomic E-state index is 4.91. The summed E-state index contributed by atoms with van der Waals surface area (Å²) in [5.41, 5.74) is 7.53. The average Bonchev–Trinajstić information content (AvgIpc) is 3.79. The zero-order chi connectivity index (χ0) is 27.7. The van der Waals surface area contributed by atoms with Crippen LogP contribution in [0.25, 0.3) is 22.3 Å². The van der Waals surface area contributed by atoms with Crippen LogP contribution in [0.1, 0.15) is 24.1 Å². The van der Waals surface area contributed by atoms with Crippen LogP contribution in [0.4, 0.5) is 0 Å². The summed E-state index contributed by atoms with van der Waals surface area (Å²) in [6.45, 7) is 0. The Hall–Kier alpha value is -5.19. The van der Waals surface area contributed by atoms with Crippen molar-refractivity contribution in [2.45, 2.75) is 13.0 Å². The van der Waals surface area contributed by atoms with E-state index in [9.17, 15) is 0 Å². The van der Waals surface area contributed by atoms with E-state index in [1.165, 1.54) is 22.3 Å². The Balaban J connectivity index is 0.000000275. The van der Waals surface area contributed by atoms with E-state index in [0.29, 0.717) is 0 Å². The predicted octanol–water partition coefficient (Wildman–Crippen LogP) is 9.52. The van der Waals surface area contributed by atoms with Gasteiger partial charge in [0.1, 0.15) is 5.54 Å². The van der Waals surface area contributed by atoms with Gasteiger partial charge in [0.2, 0.25) is 0 Å². The van der Waals surface area contributed by atoms with E-state index in [-0.39, 0.29) is 19.8 Å². The molecule has 0 atom stereocenters. The molecule has 43 heavy (non-hydrogen) atoms. The maximum atomic E-state index is 4.91. The van der Waals surface area contributed by atoms with Crippen molar-refractivity contribution in [2.24, 2.45) is 0 Å². The summed E-state index contributed by atoms with van der Waals surface area (Å²) in [4.78, 5) is 0. The number of aromatic amines is 1. The number of nitrogens with one attached hydrogen (secondary N) is 1. The molecule has 5 aromatic carbocycles. The number of benzene rings is 5. The average molecular weight is 583 g/mol. The van der Waals surface area contributed by atoms with Crippen molar-refractivity contribution in [1.29, 1.82) is 0 Å². The van der Waals surface area contributed by atoms with Gasteiger partial charge in [0.25, 0.3) is 0 Å². The highest BCUT2D eigenvalue weighted by Crippen LogP contribution is 2.41. The fourth-order valence-corrected chi connectivity index (χ4v) is 5.26. The van der Waals surface area contributed by atoms with Gasteiger partial charge in [-0.05, 0) is 27.8 Å². The molecule has 0 aliphatic carbocycles. The van der Waals surface area contributed by atoms with Gasteiger partial charge in [0.15, 0.2) is 0 Å². The van der Waals surface area contributed by atoms with Gasteiger partial charge in [-0.2, -0.15) is 10.2 Å². The van der Waals surface area contributed by atoms with Crippen LogP contribution in [-0.4, -0.2) is 20.0 Å². The number of halogens is 1. The van der Waals surface area contributed by atoms with Crippen molar-refractivity contribution in [2.75, 3.05) is 0 Å². The summed E-state index contributed by atoms with van der Waals surface area (Å²) in [5, 5.41) is 11.6. The summed E-state index contributed by atoms with van der Waals surface area (Å²) in [7, 11) is 0. The molecule has 0 amide bonds. The molecule has 2 aromatic heterocycles. The molecule has 0 saturated carbocycles. The predicted molar refractivity (Wildman–Crippen MR) is 180 cm³/mol. The van der Waals surface area contributed by atoms with Crippen molar-refractivity contribution in [3.63, 3.8) is 0 Å². The van der Waals surface area contributed by atoms with Crippen LogP contribution < -0.4 is 0 Å². The first-order valence-electron chi connectivity index (χ1n) is 13.7. The molecule has 0 unspecified atom stereocenters. The molecule has 4 nitrogen and oxygen atoms in total. The van der Waals surface area contributed by atoms with Gasteiger partial charge < -0.3 is 0 Å². The molecule has 0 bridgehead atoms. The second-order valence-electron chi connectivity index (χ2n) is 9.70. The van der Waals surface area contributed by atoms with E-state index in [2.05, 4.69) is 148 Å². The van der Waals surface area contributed by atoms with Gasteiger partial charge >= 0.3 is 0 Å². The van der Waals surface area contributed by atoms with Gasteiger partial charge in [0.05, 0.1) is 12.4 Å². The Bertz CT molecular complexity index is 1660. The second-order valence-corrected chi connectivity index (χ2v) is 9.70. The molecule has 7 rings (SSSR count). The number of rotatable bonds is 6. The first-order valence-corrected chi connectivity index (χ1v) is 13.7. The van der Waals surface area contributed by atoms with Crippen LogP contribution >= 0.6 is 12.4 Å². The summed E-state index contributed by atoms with van der Waals surface area (Å²) in [6.07, 6.45) is 7.81. The first kappa shape index (κ1) is 30.8. The van der Waals surface area contributed by atoms with Crippen LogP contribution in [0.2, 0.25) is 0 Å². The van der Waals surface area contributed by atoms with Crippen LogP contribution in [0.5, 0.6) is 0 Å². The highest BCUT2D eigenvalue weighted by atomic mass is 35.5. The SMILES string of the molecule is C.Cl.c1ccc(-c2cn[nH]c2)cc1.c1ccc(-c2cnn(C(c3ccccc3)(c3ccccc3)c3ccccc3)c2)cc1. The van der Waals surface area contributed by atoms with E-state index in [1.54, 1.807) is 0 Å². The minimum Gasteiger partial charge on any atom is -0.285 e. The monoisotopic (exact) mass is 582 g/mol. The Morgan fingerprint density at radius 1 is 0.465 bits per heavy atom. The van der Waals surface area contributed by atoms with Crippen molar-refractivity contribution in [1.82, 2.24) is 20.0 Å². The lowest BCUT2D eigenvalue weighted by atomic mass is 9.77. The molecular formula is C38H35ClN4. The summed E-state index contributed by atoms with van der Waals surface area (Å²) < 4.78 is 2.11. The quantitative estimate of drug-likeness (QED) is 0.198. The van der Waals surface area contributed by atoms with E-state index >= 15 is 0 Å². The number of H-pyrrole nitrogens is 1. The molecule has 0 aliphatic rings. The largest absolute Gasteiger partial charge is 0.285 e. The highest BCUT2D eigenvalue weighted by molar-refractivity contribution is 5.85. The van der Waals surface area contributed by atoms with Crippen LogP contribution in [0, 0.1) is 0 Å². The number of aromatic nitrogens is 4. The molecule has 1 N–H and O–H groups in total. The van der Waals surface area contributed by atoms with Crippen LogP contribution in [0.3, 0.4) is 0 Å². The smallest absolute Gasteiger partial charge is 0.138 e. The lowest BCUT2D eigenvalue weighted by Crippen LogP contribution is -2.38. The van der Waals surface area contributed by atoms with E-state index < -0.39 is 5.54 Å². The maximum Gasteiger partial charge on any atom is 0.138 e. The molecule has 0 spiro atoms. The van der Waals surface area contributed by atoms with Crippen molar-refractivity contribution < 1.29 is 0 Å². The van der Waals surface area contributed by atoms with Crippen molar-refractivity contribution >= 4 is 12.4 Å². The van der Waals surface area contributed by atoms with E-state index in [4.69, 9.17) is 5.10 Å². The zero-order valence-electron chi connectivity index (χ0n) is 23.0. The third-order valence-corrected chi connectivity index (χ3v) is 7.21. The molecular weight excluding hydrogens is 548 g/mol. The fourth-order valence-electron chi connectivity index (χ4n) is 5.26. The lowest BCUT2D eigenvalue weighted by molar-refractivity contribution is 0.460. The second kappa shape index (κ2) is 14.6. The standard InChI is InChI=1S/C28H22N2.C9H8N2.CH4.ClH/c1-5-13-23(14-6-1)24-21-29-30(22-24)28(25-15-7-2-8-16-25,26-17-9-3-10-18-26)27-19-11-4-12-20-27;1-2-4-8(5-3-1)9-6-10-11-7-9;;/h1-22H;1-7H,(H,10,11);1H4;1H. The first-order chi connectivity index (χ1) is 20.4. The Kier molecular flexibility index (Phi) is 10.5. The molecule has 7 aromatic rings. The minimum atomic E-state index is -0.573. The van der Waals surface area contributed by atoms with E-state index in [0.717, 1.165) is 16.7 Å². The van der Waals surface area contributed by atoms with E-state index in [1.807, 2.05) is 42.9 Å². The van der Waals surface area contributed by atoms with Gasteiger partial charge in [-0.1, -0.05) is 159 Å². The molecule has 2 heterocycles. The molecule has 0 fully saturated rings. The number of hydrogen-bond acceptors (Lipinski definition) is 2. The van der Waals surface area contributed by atoms with Crippen molar-refractivity contribution in [3.8, 4) is 22.3 Å². The van der Waals surface area contributed by atoms with Gasteiger partial charge in [0, 0.05) is 23.5 Å². The topological polar surface area (TPSA) is 46.5 Å². The third kappa shape index (κ3) is 6.50. The van der Waals surface area contributed by atoms with Crippen LogP contribution in [0.15, 0.2) is 176 Å². The van der Waals surface area contributed by atoms with Gasteiger partial charge in [-0.25, -0.2) is 0 Å². The zero-order valence-corrected chi connectivity index (χ0v) is 23.8. The highest BCUT2D eigenvalue weighted by Gasteiger charge is 2.39. The molecule has 0 aliphatic heterocycles. The third-order valence-electron chi connectivity index (χ3n) is 7.21. The van der Waals surface area contributed by atoms with Crippen molar-refractivity contribution in [3.05, 3.63) is 193 Å². The Labute approximate surface area is 260 Å². The summed E-state index contributed by atoms with van der Waals surface area (Å²) in [5.74, 6) is 0. The fraction of sp³-hybridized carbons (Fsp3) is 0.0526. The Morgan fingerprint density at radius 2 is 0.860 bits per heavy atom. The molecule has 214 valence electrons. The van der Waals surface area contributed by atoms with Crippen LogP contribution in [-0.2, 0) is 5.54 Å².